The topological polar surface area (TPSA) is 48.5 Å². The Labute approximate surface area is 165 Å². The zero-order valence-corrected chi connectivity index (χ0v) is 15.8. The molecule has 0 spiro atoms. The molecule has 0 saturated carbocycles. The van der Waals surface area contributed by atoms with E-state index in [9.17, 15) is 4.79 Å². The number of hydrogen-bond donors (Lipinski definition) is 1. The average molecular weight is 372 g/mol. The molecule has 5 nitrogen and oxygen atoms in total. The van der Waals surface area contributed by atoms with E-state index in [1.54, 1.807) is 12.4 Å². The molecule has 4 rings (SSSR count). The van der Waals surface area contributed by atoms with E-state index in [-0.39, 0.29) is 5.91 Å². The highest BCUT2D eigenvalue weighted by Crippen LogP contribution is 2.18. The van der Waals surface area contributed by atoms with Gasteiger partial charge in [-0.05, 0) is 23.8 Å². The van der Waals surface area contributed by atoms with Crippen LogP contribution in [0.3, 0.4) is 0 Å². The Morgan fingerprint density at radius 3 is 2.25 bits per heavy atom. The molecule has 1 aromatic heterocycles. The maximum absolute atomic E-state index is 12.9. The smallest absolute Gasteiger partial charge is 0.255 e. The summed E-state index contributed by atoms with van der Waals surface area (Å²) in [5.41, 5.74) is 3.73. The highest BCUT2D eigenvalue weighted by atomic mass is 16.2. The zero-order chi connectivity index (χ0) is 19.2. The van der Waals surface area contributed by atoms with Crippen LogP contribution in [0.2, 0.25) is 0 Å². The van der Waals surface area contributed by atoms with Crippen molar-refractivity contribution in [3.8, 4) is 0 Å². The van der Waals surface area contributed by atoms with E-state index in [1.807, 2.05) is 47.4 Å². The fraction of sp³-hybridized carbons (Fsp3) is 0.217. The standard InChI is InChI=1S/C23H24N4O/c28-23(20-15-22(17-24-16-20)25-21-9-5-2-6-10-21)27-13-11-26(12-14-27)18-19-7-3-1-4-8-19/h1-10,15-17,25H,11-14,18H2. The van der Waals surface area contributed by atoms with Crippen LogP contribution >= 0.6 is 0 Å². The lowest BCUT2D eigenvalue weighted by molar-refractivity contribution is 0.0628. The van der Waals surface area contributed by atoms with Crippen LogP contribution in [-0.4, -0.2) is 46.9 Å². The molecule has 0 atom stereocenters. The SMILES string of the molecule is O=C(c1cncc(Nc2ccccc2)c1)N1CCN(Cc2ccccc2)CC1. The Balaban J connectivity index is 1.35. The van der Waals surface area contributed by atoms with Gasteiger partial charge in [-0.1, -0.05) is 48.5 Å². The molecule has 0 aliphatic carbocycles. The normalized spacial score (nSPS) is 14.6. The van der Waals surface area contributed by atoms with Crippen molar-refractivity contribution in [2.24, 2.45) is 0 Å². The molecule has 5 heteroatoms. The summed E-state index contributed by atoms with van der Waals surface area (Å²) < 4.78 is 0. The van der Waals surface area contributed by atoms with Gasteiger partial charge in [-0.15, -0.1) is 0 Å². The first-order valence-corrected chi connectivity index (χ1v) is 9.60. The number of hydrogen-bond acceptors (Lipinski definition) is 4. The van der Waals surface area contributed by atoms with Gasteiger partial charge >= 0.3 is 0 Å². The number of nitrogens with one attached hydrogen (secondary N) is 1. The molecule has 0 bridgehead atoms. The van der Waals surface area contributed by atoms with Gasteiger partial charge in [-0.2, -0.15) is 0 Å². The summed E-state index contributed by atoms with van der Waals surface area (Å²) in [5.74, 6) is 0.0450. The molecule has 1 amide bonds. The van der Waals surface area contributed by atoms with Crippen molar-refractivity contribution in [3.05, 3.63) is 90.3 Å². The molecule has 28 heavy (non-hydrogen) atoms. The lowest BCUT2D eigenvalue weighted by Crippen LogP contribution is -2.48. The third-order valence-electron chi connectivity index (χ3n) is 4.96. The minimum absolute atomic E-state index is 0.0450. The van der Waals surface area contributed by atoms with Gasteiger partial charge in [0.1, 0.15) is 0 Å². The zero-order valence-electron chi connectivity index (χ0n) is 15.8. The summed E-state index contributed by atoms with van der Waals surface area (Å²) in [5, 5.41) is 3.29. The van der Waals surface area contributed by atoms with E-state index >= 15 is 0 Å². The van der Waals surface area contributed by atoms with Crippen LogP contribution in [0.4, 0.5) is 11.4 Å². The third kappa shape index (κ3) is 4.56. The predicted molar refractivity (Wildman–Crippen MR) is 112 cm³/mol. The Morgan fingerprint density at radius 2 is 1.54 bits per heavy atom. The van der Waals surface area contributed by atoms with Gasteiger partial charge in [0.2, 0.25) is 0 Å². The maximum Gasteiger partial charge on any atom is 0.255 e. The quantitative estimate of drug-likeness (QED) is 0.740. The van der Waals surface area contributed by atoms with Gasteiger partial charge in [0.05, 0.1) is 17.4 Å². The van der Waals surface area contributed by atoms with Gasteiger partial charge < -0.3 is 10.2 Å². The number of anilines is 2. The number of amides is 1. The monoisotopic (exact) mass is 372 g/mol. The van der Waals surface area contributed by atoms with Crippen molar-refractivity contribution < 1.29 is 4.79 Å². The molecule has 142 valence electrons. The van der Waals surface area contributed by atoms with Gasteiger partial charge in [0.15, 0.2) is 0 Å². The highest BCUT2D eigenvalue weighted by Gasteiger charge is 2.22. The second-order valence-electron chi connectivity index (χ2n) is 7.01. The van der Waals surface area contributed by atoms with Crippen LogP contribution in [-0.2, 0) is 6.54 Å². The summed E-state index contributed by atoms with van der Waals surface area (Å²) in [6.07, 6.45) is 3.39. The number of pyridine rings is 1. The molecule has 2 heterocycles. The van der Waals surface area contributed by atoms with Crippen molar-refractivity contribution in [2.75, 3.05) is 31.5 Å². The summed E-state index contributed by atoms with van der Waals surface area (Å²) in [7, 11) is 0. The first kappa shape index (κ1) is 18.2. The number of carbonyl (C=O) groups excluding carboxylic acids is 1. The van der Waals surface area contributed by atoms with Crippen molar-refractivity contribution >= 4 is 17.3 Å². The Kier molecular flexibility index (Phi) is 5.64. The summed E-state index contributed by atoms with van der Waals surface area (Å²) in [4.78, 5) is 21.5. The number of para-hydroxylation sites is 1. The molecule has 1 aliphatic heterocycles. The molecule has 1 aliphatic rings. The first-order chi connectivity index (χ1) is 13.8. The van der Waals surface area contributed by atoms with Crippen LogP contribution in [0.15, 0.2) is 79.1 Å². The third-order valence-corrected chi connectivity index (χ3v) is 4.96. The molecule has 0 radical (unpaired) electrons. The fourth-order valence-corrected chi connectivity index (χ4v) is 3.45. The number of carbonyl (C=O) groups is 1. The maximum atomic E-state index is 12.9. The summed E-state index contributed by atoms with van der Waals surface area (Å²) in [6, 6.07) is 22.2. The fourth-order valence-electron chi connectivity index (χ4n) is 3.45. The number of nitrogens with zero attached hydrogens (tertiary/aromatic N) is 3. The number of rotatable bonds is 5. The van der Waals surface area contributed by atoms with Crippen LogP contribution in [0.5, 0.6) is 0 Å². The first-order valence-electron chi connectivity index (χ1n) is 9.60. The molecular formula is C23H24N4O. The van der Waals surface area contributed by atoms with E-state index in [0.717, 1.165) is 44.1 Å². The van der Waals surface area contributed by atoms with Crippen LogP contribution in [0, 0.1) is 0 Å². The highest BCUT2D eigenvalue weighted by molar-refractivity contribution is 5.95. The van der Waals surface area contributed by atoms with E-state index in [1.165, 1.54) is 5.56 Å². The van der Waals surface area contributed by atoms with Crippen molar-refractivity contribution in [1.82, 2.24) is 14.8 Å². The van der Waals surface area contributed by atoms with E-state index < -0.39 is 0 Å². The molecule has 3 aromatic rings. The van der Waals surface area contributed by atoms with Gasteiger partial charge in [0.25, 0.3) is 5.91 Å². The number of benzene rings is 2. The Morgan fingerprint density at radius 1 is 0.857 bits per heavy atom. The largest absolute Gasteiger partial charge is 0.354 e. The average Bonchev–Trinajstić information content (AvgIpc) is 2.75. The Hall–Kier alpha value is -3.18. The van der Waals surface area contributed by atoms with E-state index in [4.69, 9.17) is 0 Å². The van der Waals surface area contributed by atoms with Gasteiger partial charge in [0, 0.05) is 44.6 Å². The van der Waals surface area contributed by atoms with E-state index in [0.29, 0.717) is 5.56 Å². The van der Waals surface area contributed by atoms with Crippen LogP contribution in [0.25, 0.3) is 0 Å². The van der Waals surface area contributed by atoms with Gasteiger partial charge in [-0.3, -0.25) is 14.7 Å². The molecule has 2 aromatic carbocycles. The number of aromatic nitrogens is 1. The Bertz CT molecular complexity index is 906. The second-order valence-corrected chi connectivity index (χ2v) is 7.01. The van der Waals surface area contributed by atoms with Crippen molar-refractivity contribution in [1.29, 1.82) is 0 Å². The van der Waals surface area contributed by atoms with Gasteiger partial charge in [-0.25, -0.2) is 0 Å². The van der Waals surface area contributed by atoms with Crippen LogP contribution in [0.1, 0.15) is 15.9 Å². The van der Waals surface area contributed by atoms with Crippen LogP contribution < -0.4 is 5.32 Å². The molecule has 1 N–H and O–H groups in total. The molecular weight excluding hydrogens is 348 g/mol. The van der Waals surface area contributed by atoms with Crippen molar-refractivity contribution in [3.63, 3.8) is 0 Å². The molecule has 0 unspecified atom stereocenters. The second kappa shape index (κ2) is 8.67. The minimum atomic E-state index is 0.0450. The lowest BCUT2D eigenvalue weighted by Gasteiger charge is -2.34. The predicted octanol–water partition coefficient (Wildman–Crippen LogP) is 3.78. The lowest BCUT2D eigenvalue weighted by atomic mass is 10.1. The minimum Gasteiger partial charge on any atom is -0.354 e. The molecule has 1 saturated heterocycles. The summed E-state index contributed by atoms with van der Waals surface area (Å²) >= 11 is 0. The summed E-state index contributed by atoms with van der Waals surface area (Å²) in [6.45, 7) is 4.18. The molecule has 1 fully saturated rings. The van der Waals surface area contributed by atoms with E-state index in [2.05, 4.69) is 39.5 Å². The van der Waals surface area contributed by atoms with Crippen molar-refractivity contribution in [2.45, 2.75) is 6.54 Å². The number of piperazine rings is 1.